The van der Waals surface area contributed by atoms with Crippen LogP contribution in [-0.2, 0) is 11.2 Å². The Hall–Kier alpha value is -1.71. The molecule has 0 atom stereocenters. The topological polar surface area (TPSA) is 44.8 Å². The molecule has 0 saturated heterocycles. The van der Waals surface area contributed by atoms with Gasteiger partial charge in [-0.25, -0.2) is 4.79 Å². The fraction of sp³-hybridized carbons (Fsp3) is 0.500. The van der Waals surface area contributed by atoms with Gasteiger partial charge in [0.25, 0.3) is 0 Å². The molecule has 0 aromatic heterocycles. The van der Waals surface area contributed by atoms with E-state index in [2.05, 4.69) is 6.92 Å². The summed E-state index contributed by atoms with van der Waals surface area (Å²) < 4.78 is 15.4. The molecular weight excluding hydrogens is 232 g/mol. The van der Waals surface area contributed by atoms with Gasteiger partial charge >= 0.3 is 5.97 Å². The Bertz CT molecular complexity index is 413. The van der Waals surface area contributed by atoms with E-state index in [-0.39, 0.29) is 0 Å². The minimum atomic E-state index is -0.424. The monoisotopic (exact) mass is 252 g/mol. The summed E-state index contributed by atoms with van der Waals surface area (Å²) in [7, 11) is 4.45. The van der Waals surface area contributed by atoms with Crippen molar-refractivity contribution in [3.63, 3.8) is 0 Å². The van der Waals surface area contributed by atoms with Crippen LogP contribution in [0.25, 0.3) is 0 Å². The van der Waals surface area contributed by atoms with Gasteiger partial charge in [0.2, 0.25) is 0 Å². The molecule has 18 heavy (non-hydrogen) atoms. The molecule has 0 N–H and O–H groups in total. The van der Waals surface area contributed by atoms with Gasteiger partial charge < -0.3 is 14.2 Å². The summed E-state index contributed by atoms with van der Waals surface area (Å²) in [5.74, 6) is 0.638. The summed E-state index contributed by atoms with van der Waals surface area (Å²) in [4.78, 5) is 11.6. The Balaban J connectivity index is 3.22. The summed E-state index contributed by atoms with van der Waals surface area (Å²) in [5, 5.41) is 0. The molecule has 1 rings (SSSR count). The minimum absolute atomic E-state index is 0.386. The standard InChI is InChI=1S/C14H20O4/c1-5-6-7-10-8-9-11(14(15)18-4)13(17-3)12(10)16-2/h8-9H,5-7H2,1-4H3. The molecule has 4 nitrogen and oxygen atoms in total. The lowest BCUT2D eigenvalue weighted by molar-refractivity contribution is 0.0596. The highest BCUT2D eigenvalue weighted by Crippen LogP contribution is 2.35. The van der Waals surface area contributed by atoms with Crippen molar-refractivity contribution in [2.75, 3.05) is 21.3 Å². The second-order valence-corrected chi connectivity index (χ2v) is 3.93. The maximum Gasteiger partial charge on any atom is 0.341 e. The van der Waals surface area contributed by atoms with Gasteiger partial charge in [0.05, 0.1) is 21.3 Å². The molecule has 0 aliphatic rings. The van der Waals surface area contributed by atoms with Gasteiger partial charge in [-0.3, -0.25) is 0 Å². The molecule has 100 valence electrons. The van der Waals surface area contributed by atoms with E-state index in [0.717, 1.165) is 24.8 Å². The smallest absolute Gasteiger partial charge is 0.341 e. The van der Waals surface area contributed by atoms with Crippen LogP contribution in [-0.4, -0.2) is 27.3 Å². The van der Waals surface area contributed by atoms with Crippen LogP contribution in [0.15, 0.2) is 12.1 Å². The van der Waals surface area contributed by atoms with Crippen LogP contribution in [0.5, 0.6) is 11.5 Å². The third-order valence-corrected chi connectivity index (χ3v) is 2.81. The van der Waals surface area contributed by atoms with E-state index < -0.39 is 5.97 Å². The van der Waals surface area contributed by atoms with E-state index in [4.69, 9.17) is 14.2 Å². The lowest BCUT2D eigenvalue weighted by Crippen LogP contribution is -2.07. The van der Waals surface area contributed by atoms with E-state index in [1.807, 2.05) is 6.07 Å². The quantitative estimate of drug-likeness (QED) is 0.730. The van der Waals surface area contributed by atoms with Gasteiger partial charge in [-0.15, -0.1) is 0 Å². The summed E-state index contributed by atoms with van der Waals surface area (Å²) in [6, 6.07) is 3.61. The molecule has 0 bridgehead atoms. The third kappa shape index (κ3) is 2.94. The fourth-order valence-electron chi connectivity index (χ4n) is 1.86. The number of carbonyl (C=O) groups excluding carboxylic acids is 1. The van der Waals surface area contributed by atoms with Gasteiger partial charge in [-0.05, 0) is 24.5 Å². The highest BCUT2D eigenvalue weighted by molar-refractivity contribution is 5.93. The molecule has 0 heterocycles. The first kappa shape index (κ1) is 14.4. The van der Waals surface area contributed by atoms with Gasteiger partial charge in [0.1, 0.15) is 5.56 Å². The van der Waals surface area contributed by atoms with Crippen LogP contribution in [0.2, 0.25) is 0 Å². The normalized spacial score (nSPS) is 10.0. The molecule has 0 aliphatic carbocycles. The first-order chi connectivity index (χ1) is 8.69. The molecule has 0 aliphatic heterocycles. The van der Waals surface area contributed by atoms with Crippen molar-refractivity contribution in [3.8, 4) is 11.5 Å². The van der Waals surface area contributed by atoms with E-state index >= 15 is 0 Å². The van der Waals surface area contributed by atoms with E-state index in [1.54, 1.807) is 13.2 Å². The van der Waals surface area contributed by atoms with Crippen LogP contribution in [0, 0.1) is 0 Å². The zero-order valence-electron chi connectivity index (χ0n) is 11.4. The second-order valence-electron chi connectivity index (χ2n) is 3.93. The Morgan fingerprint density at radius 1 is 1.11 bits per heavy atom. The average molecular weight is 252 g/mol. The zero-order valence-corrected chi connectivity index (χ0v) is 11.4. The Morgan fingerprint density at radius 3 is 2.28 bits per heavy atom. The van der Waals surface area contributed by atoms with Crippen LogP contribution in [0.1, 0.15) is 35.7 Å². The van der Waals surface area contributed by atoms with Gasteiger partial charge in [0, 0.05) is 0 Å². The SMILES string of the molecule is CCCCc1ccc(C(=O)OC)c(OC)c1OC. The van der Waals surface area contributed by atoms with Gasteiger partial charge in [0.15, 0.2) is 11.5 Å². The van der Waals surface area contributed by atoms with Crippen molar-refractivity contribution in [1.82, 2.24) is 0 Å². The van der Waals surface area contributed by atoms with Gasteiger partial charge in [-0.2, -0.15) is 0 Å². The number of unbranched alkanes of at least 4 members (excludes halogenated alkanes) is 1. The van der Waals surface area contributed by atoms with Crippen molar-refractivity contribution < 1.29 is 19.0 Å². The molecular formula is C14H20O4. The summed E-state index contributed by atoms with van der Waals surface area (Å²) >= 11 is 0. The molecule has 0 spiro atoms. The number of hydrogen-bond acceptors (Lipinski definition) is 4. The average Bonchev–Trinajstić information content (AvgIpc) is 2.42. The number of ether oxygens (including phenoxy) is 3. The van der Waals surface area contributed by atoms with Crippen molar-refractivity contribution >= 4 is 5.97 Å². The third-order valence-electron chi connectivity index (χ3n) is 2.81. The molecule has 4 heteroatoms. The van der Waals surface area contributed by atoms with Crippen LogP contribution in [0.4, 0.5) is 0 Å². The molecule has 0 fully saturated rings. The first-order valence-corrected chi connectivity index (χ1v) is 6.01. The number of hydrogen-bond donors (Lipinski definition) is 0. The highest BCUT2D eigenvalue weighted by atomic mass is 16.5. The number of benzene rings is 1. The van der Waals surface area contributed by atoms with Crippen LogP contribution < -0.4 is 9.47 Å². The Labute approximate surface area is 108 Å². The first-order valence-electron chi connectivity index (χ1n) is 6.01. The number of carbonyl (C=O) groups is 1. The molecule has 0 amide bonds. The predicted molar refractivity (Wildman–Crippen MR) is 69.5 cm³/mol. The molecule has 0 saturated carbocycles. The predicted octanol–water partition coefficient (Wildman–Crippen LogP) is 2.83. The summed E-state index contributed by atoms with van der Waals surface area (Å²) in [5.41, 5.74) is 1.43. The summed E-state index contributed by atoms with van der Waals surface area (Å²) in [6.45, 7) is 2.13. The van der Waals surface area contributed by atoms with Crippen molar-refractivity contribution in [2.45, 2.75) is 26.2 Å². The van der Waals surface area contributed by atoms with E-state index in [1.165, 1.54) is 14.2 Å². The van der Waals surface area contributed by atoms with E-state index in [9.17, 15) is 4.79 Å². The van der Waals surface area contributed by atoms with Gasteiger partial charge in [-0.1, -0.05) is 19.4 Å². The Morgan fingerprint density at radius 2 is 1.78 bits per heavy atom. The molecule has 1 aromatic rings. The lowest BCUT2D eigenvalue weighted by Gasteiger charge is -2.15. The number of methoxy groups -OCH3 is 3. The van der Waals surface area contributed by atoms with Crippen molar-refractivity contribution in [2.24, 2.45) is 0 Å². The maximum absolute atomic E-state index is 11.6. The van der Waals surface area contributed by atoms with Crippen molar-refractivity contribution in [1.29, 1.82) is 0 Å². The zero-order chi connectivity index (χ0) is 13.5. The Kier molecular flexibility index (Phi) is 5.49. The van der Waals surface area contributed by atoms with Crippen LogP contribution in [0.3, 0.4) is 0 Å². The minimum Gasteiger partial charge on any atom is -0.493 e. The lowest BCUT2D eigenvalue weighted by atomic mass is 10.0. The second kappa shape index (κ2) is 6.89. The molecule has 0 unspecified atom stereocenters. The summed E-state index contributed by atoms with van der Waals surface area (Å²) in [6.07, 6.45) is 3.07. The highest BCUT2D eigenvalue weighted by Gasteiger charge is 2.19. The van der Waals surface area contributed by atoms with E-state index in [0.29, 0.717) is 17.1 Å². The fourth-order valence-corrected chi connectivity index (χ4v) is 1.86. The van der Waals surface area contributed by atoms with Crippen LogP contribution >= 0.6 is 0 Å². The number of esters is 1. The maximum atomic E-state index is 11.6. The number of aryl methyl sites for hydroxylation is 1. The molecule has 0 radical (unpaired) electrons. The number of rotatable bonds is 6. The van der Waals surface area contributed by atoms with Crippen molar-refractivity contribution in [3.05, 3.63) is 23.3 Å². The molecule has 1 aromatic carbocycles. The largest absolute Gasteiger partial charge is 0.493 e.